The number of anilines is 1. The highest BCUT2D eigenvalue weighted by atomic mass is 16.1. The number of carbonyl (C=O) groups excluding carboxylic acids is 1. The number of benzene rings is 2. The number of nitrogens with two attached hydrogens (primary N) is 1. The lowest BCUT2D eigenvalue weighted by molar-refractivity contribution is -0.681. The van der Waals surface area contributed by atoms with Gasteiger partial charge in [0.1, 0.15) is 0 Å². The molecule has 1 aliphatic rings. The van der Waals surface area contributed by atoms with Crippen LogP contribution in [0.3, 0.4) is 0 Å². The maximum atomic E-state index is 12.3. The van der Waals surface area contributed by atoms with Crippen LogP contribution in [0.4, 0.5) is 5.69 Å². The summed E-state index contributed by atoms with van der Waals surface area (Å²) in [5, 5.41) is 7.63. The number of quaternary nitrogens is 1. The van der Waals surface area contributed by atoms with E-state index in [2.05, 4.69) is 34.9 Å². The molecule has 0 aromatic heterocycles. The van der Waals surface area contributed by atoms with E-state index in [4.69, 9.17) is 0 Å². The Morgan fingerprint density at radius 1 is 1.14 bits per heavy atom. The van der Waals surface area contributed by atoms with Gasteiger partial charge in [-0.15, -0.1) is 0 Å². The maximum Gasteiger partial charge on any atom is 0.279 e. The van der Waals surface area contributed by atoms with E-state index in [1.54, 1.807) is 0 Å². The Morgan fingerprint density at radius 3 is 2.73 bits per heavy atom. The summed E-state index contributed by atoms with van der Waals surface area (Å²) in [4.78, 5) is 12.3. The first-order valence-electron chi connectivity index (χ1n) is 8.35. The highest BCUT2D eigenvalue weighted by Gasteiger charge is 2.18. The van der Waals surface area contributed by atoms with Crippen LogP contribution in [0.2, 0.25) is 0 Å². The lowest BCUT2D eigenvalue weighted by Gasteiger charge is -2.19. The third-order valence-electron chi connectivity index (χ3n) is 4.69. The fourth-order valence-electron chi connectivity index (χ4n) is 3.38. The molecule has 0 atom stereocenters. The molecule has 22 heavy (non-hydrogen) atoms. The monoisotopic (exact) mass is 297 g/mol. The molecular weight excluding hydrogens is 272 g/mol. The predicted octanol–water partition coefficient (Wildman–Crippen LogP) is 2.98. The van der Waals surface area contributed by atoms with Crippen LogP contribution in [0.1, 0.15) is 37.7 Å². The minimum absolute atomic E-state index is 0.102. The molecule has 0 heterocycles. The summed E-state index contributed by atoms with van der Waals surface area (Å²) >= 11 is 0. The smallest absolute Gasteiger partial charge is 0.279 e. The van der Waals surface area contributed by atoms with Crippen LogP contribution in [-0.4, -0.2) is 18.5 Å². The van der Waals surface area contributed by atoms with E-state index in [1.807, 2.05) is 19.1 Å². The SMILES string of the molecule is Cc1ccc2ccccc2c1NC(=O)C[NH2+]C1CCCCC1. The maximum absolute atomic E-state index is 12.3. The zero-order valence-electron chi connectivity index (χ0n) is 13.3. The second-order valence-electron chi connectivity index (χ2n) is 6.36. The fourth-order valence-corrected chi connectivity index (χ4v) is 3.38. The van der Waals surface area contributed by atoms with Gasteiger partial charge in [0, 0.05) is 5.39 Å². The quantitative estimate of drug-likeness (QED) is 0.895. The molecular formula is C19H25N2O+. The molecule has 1 aliphatic carbocycles. The first-order chi connectivity index (χ1) is 10.7. The average molecular weight is 297 g/mol. The van der Waals surface area contributed by atoms with E-state index < -0.39 is 0 Å². The van der Waals surface area contributed by atoms with Crippen molar-refractivity contribution in [2.75, 3.05) is 11.9 Å². The third-order valence-corrected chi connectivity index (χ3v) is 4.69. The van der Waals surface area contributed by atoms with Gasteiger partial charge in [0.2, 0.25) is 0 Å². The Hall–Kier alpha value is -1.87. The van der Waals surface area contributed by atoms with Gasteiger partial charge in [0.05, 0.1) is 11.7 Å². The second kappa shape index (κ2) is 6.93. The van der Waals surface area contributed by atoms with Gasteiger partial charge >= 0.3 is 0 Å². The van der Waals surface area contributed by atoms with Crippen molar-refractivity contribution in [3.63, 3.8) is 0 Å². The zero-order valence-corrected chi connectivity index (χ0v) is 13.3. The first-order valence-corrected chi connectivity index (χ1v) is 8.35. The molecule has 3 N–H and O–H groups in total. The van der Waals surface area contributed by atoms with Crippen molar-refractivity contribution in [1.82, 2.24) is 0 Å². The molecule has 1 fully saturated rings. The average Bonchev–Trinajstić information content (AvgIpc) is 2.56. The van der Waals surface area contributed by atoms with E-state index in [1.165, 1.54) is 37.5 Å². The number of amides is 1. The molecule has 1 amide bonds. The van der Waals surface area contributed by atoms with Crippen molar-refractivity contribution in [3.05, 3.63) is 42.0 Å². The number of carbonyl (C=O) groups is 1. The van der Waals surface area contributed by atoms with Crippen LogP contribution in [0.15, 0.2) is 36.4 Å². The van der Waals surface area contributed by atoms with Gasteiger partial charge in [0.25, 0.3) is 5.91 Å². The number of aryl methyl sites for hydroxylation is 1. The van der Waals surface area contributed by atoms with Crippen LogP contribution in [0, 0.1) is 6.92 Å². The molecule has 0 radical (unpaired) electrons. The summed E-state index contributed by atoms with van der Waals surface area (Å²) in [6.07, 6.45) is 6.48. The molecule has 2 aromatic carbocycles. The van der Waals surface area contributed by atoms with Crippen molar-refractivity contribution >= 4 is 22.4 Å². The molecule has 1 saturated carbocycles. The van der Waals surface area contributed by atoms with Gasteiger partial charge in [-0.2, -0.15) is 0 Å². The first kappa shape index (κ1) is 15.0. The van der Waals surface area contributed by atoms with E-state index in [0.29, 0.717) is 12.6 Å². The molecule has 0 spiro atoms. The summed E-state index contributed by atoms with van der Waals surface area (Å²) in [7, 11) is 0. The van der Waals surface area contributed by atoms with Crippen LogP contribution in [-0.2, 0) is 4.79 Å². The zero-order chi connectivity index (χ0) is 15.4. The molecule has 0 unspecified atom stereocenters. The highest BCUT2D eigenvalue weighted by molar-refractivity contribution is 6.03. The molecule has 0 aliphatic heterocycles. The van der Waals surface area contributed by atoms with Crippen molar-refractivity contribution < 1.29 is 10.1 Å². The van der Waals surface area contributed by atoms with Crippen molar-refractivity contribution in [3.8, 4) is 0 Å². The van der Waals surface area contributed by atoms with E-state index in [9.17, 15) is 4.79 Å². The summed E-state index contributed by atoms with van der Waals surface area (Å²) in [5.74, 6) is 0.102. The van der Waals surface area contributed by atoms with E-state index >= 15 is 0 Å². The molecule has 3 heteroatoms. The van der Waals surface area contributed by atoms with Crippen LogP contribution < -0.4 is 10.6 Å². The van der Waals surface area contributed by atoms with E-state index in [-0.39, 0.29) is 5.91 Å². The molecule has 3 rings (SSSR count). The predicted molar refractivity (Wildman–Crippen MR) is 91.0 cm³/mol. The topological polar surface area (TPSA) is 45.7 Å². The van der Waals surface area contributed by atoms with Gasteiger partial charge in [-0.25, -0.2) is 0 Å². The Labute approximate surface area is 132 Å². The van der Waals surface area contributed by atoms with Crippen molar-refractivity contribution in [1.29, 1.82) is 0 Å². The summed E-state index contributed by atoms with van der Waals surface area (Å²) in [5.41, 5.74) is 2.07. The summed E-state index contributed by atoms with van der Waals surface area (Å²) in [6, 6.07) is 13.0. The molecule has 3 nitrogen and oxygen atoms in total. The van der Waals surface area contributed by atoms with Gasteiger partial charge in [-0.3, -0.25) is 4.79 Å². The standard InChI is InChI=1S/C19H24N2O/c1-14-11-12-15-7-5-6-10-17(15)19(14)21-18(22)13-20-16-8-3-2-4-9-16/h5-7,10-12,16,20H,2-4,8-9,13H2,1H3,(H,21,22)/p+1. The number of hydrogen-bond acceptors (Lipinski definition) is 1. The molecule has 116 valence electrons. The lowest BCUT2D eigenvalue weighted by atomic mass is 9.95. The van der Waals surface area contributed by atoms with Crippen molar-refractivity contribution in [2.24, 2.45) is 0 Å². The van der Waals surface area contributed by atoms with Crippen LogP contribution in [0.25, 0.3) is 10.8 Å². The van der Waals surface area contributed by atoms with Gasteiger partial charge in [-0.05, 0) is 43.6 Å². The normalized spacial score (nSPS) is 15.9. The van der Waals surface area contributed by atoms with Gasteiger partial charge < -0.3 is 10.6 Å². The molecule has 0 bridgehead atoms. The fraction of sp³-hybridized carbons (Fsp3) is 0.421. The number of rotatable bonds is 4. The molecule has 2 aromatic rings. The highest BCUT2D eigenvalue weighted by Crippen LogP contribution is 2.26. The summed E-state index contributed by atoms with van der Waals surface area (Å²) < 4.78 is 0. The van der Waals surface area contributed by atoms with Gasteiger partial charge in [-0.1, -0.05) is 42.8 Å². The Balaban J connectivity index is 1.67. The second-order valence-corrected chi connectivity index (χ2v) is 6.36. The minimum Gasteiger partial charge on any atom is -0.336 e. The number of fused-ring (bicyclic) bond motifs is 1. The number of hydrogen-bond donors (Lipinski definition) is 2. The summed E-state index contributed by atoms with van der Waals surface area (Å²) in [6.45, 7) is 2.57. The van der Waals surface area contributed by atoms with Gasteiger partial charge in [0.15, 0.2) is 6.54 Å². The van der Waals surface area contributed by atoms with Crippen LogP contribution >= 0.6 is 0 Å². The Morgan fingerprint density at radius 2 is 1.91 bits per heavy atom. The minimum atomic E-state index is 0.102. The third kappa shape index (κ3) is 3.47. The van der Waals surface area contributed by atoms with Crippen LogP contribution in [0.5, 0.6) is 0 Å². The Bertz CT molecular complexity index is 660. The number of nitrogens with one attached hydrogen (secondary N) is 1. The molecule has 0 saturated heterocycles. The Kier molecular flexibility index (Phi) is 4.74. The van der Waals surface area contributed by atoms with E-state index in [0.717, 1.165) is 16.6 Å². The van der Waals surface area contributed by atoms with Crippen molar-refractivity contribution in [2.45, 2.75) is 45.1 Å². The largest absolute Gasteiger partial charge is 0.336 e. The lowest BCUT2D eigenvalue weighted by Crippen LogP contribution is -2.91.